The summed E-state index contributed by atoms with van der Waals surface area (Å²) in [5, 5.41) is 0. The third-order valence-corrected chi connectivity index (χ3v) is 1.43. The smallest absolute Gasteiger partial charge is 0.178 e. The average molecular weight is 174 g/mol. The van der Waals surface area contributed by atoms with Gasteiger partial charge in [-0.2, -0.15) is 0 Å². The Morgan fingerprint density at radius 3 is 3.00 bits per heavy atom. The number of pyridine rings is 1. The molecule has 1 aromatic rings. The first-order chi connectivity index (χ1) is 6.24. The molecule has 13 heavy (non-hydrogen) atoms. The van der Waals surface area contributed by atoms with Crippen LogP contribution in [-0.4, -0.2) is 17.3 Å². The Kier molecular flexibility index (Phi) is 3.18. The maximum absolute atomic E-state index is 10.9. The van der Waals surface area contributed by atoms with Crippen LogP contribution in [0.25, 0.3) is 0 Å². The lowest BCUT2D eigenvalue weighted by molar-refractivity contribution is 0.101. The number of carbonyl (C=O) groups is 1. The number of Topliss-reactive ketones (excluding diaryl/α,β-unsaturated/α-hetero) is 1. The molecule has 0 spiro atoms. The maximum Gasteiger partial charge on any atom is 0.178 e. The largest absolute Gasteiger partial charge is 0.320 e. The minimum atomic E-state index is -0.0589. The van der Waals surface area contributed by atoms with Crippen molar-refractivity contribution < 1.29 is 4.79 Å². The second-order valence-corrected chi connectivity index (χ2v) is 2.47. The molecule has 0 aliphatic heterocycles. The van der Waals surface area contributed by atoms with Gasteiger partial charge >= 0.3 is 0 Å². The summed E-state index contributed by atoms with van der Waals surface area (Å²) in [4.78, 5) is 15.0. The maximum atomic E-state index is 10.9. The number of carbonyl (C=O) groups excluding carboxylic acids is 1. The van der Waals surface area contributed by atoms with Crippen LogP contribution >= 0.6 is 0 Å². The molecule has 0 saturated heterocycles. The topological polar surface area (TPSA) is 56.0 Å². The van der Waals surface area contributed by atoms with E-state index in [0.29, 0.717) is 17.9 Å². The highest BCUT2D eigenvalue weighted by atomic mass is 16.1. The van der Waals surface area contributed by atoms with Crippen LogP contribution in [0.1, 0.15) is 23.1 Å². The number of ketones is 1. The average Bonchev–Trinajstić information content (AvgIpc) is 2.15. The third-order valence-electron chi connectivity index (χ3n) is 1.43. The lowest BCUT2D eigenvalue weighted by atomic mass is 10.2. The molecule has 1 heterocycles. The van der Waals surface area contributed by atoms with E-state index < -0.39 is 0 Å². The Morgan fingerprint density at radius 1 is 1.62 bits per heavy atom. The van der Waals surface area contributed by atoms with Crippen molar-refractivity contribution in [2.24, 2.45) is 5.73 Å². The van der Waals surface area contributed by atoms with Gasteiger partial charge in [-0.3, -0.25) is 4.79 Å². The van der Waals surface area contributed by atoms with E-state index in [1.165, 1.54) is 6.92 Å². The van der Waals surface area contributed by atoms with Crippen molar-refractivity contribution in [1.29, 1.82) is 0 Å². The molecule has 66 valence electrons. The Morgan fingerprint density at radius 2 is 2.38 bits per heavy atom. The summed E-state index contributed by atoms with van der Waals surface area (Å²) in [6.45, 7) is 1.77. The molecule has 0 aromatic carbocycles. The molecular weight excluding hydrogens is 164 g/mol. The summed E-state index contributed by atoms with van der Waals surface area (Å²) >= 11 is 0. The molecule has 0 saturated carbocycles. The molecule has 1 rings (SSSR count). The molecular formula is C10H10N2O. The summed E-state index contributed by atoms with van der Waals surface area (Å²) in [5.41, 5.74) is 6.22. The van der Waals surface area contributed by atoms with E-state index in [1.807, 2.05) is 0 Å². The van der Waals surface area contributed by atoms with Crippen molar-refractivity contribution in [3.8, 4) is 11.8 Å². The van der Waals surface area contributed by atoms with Crippen LogP contribution in [0.15, 0.2) is 18.2 Å². The summed E-state index contributed by atoms with van der Waals surface area (Å²) < 4.78 is 0. The highest BCUT2D eigenvalue weighted by Crippen LogP contribution is 1.98. The Labute approximate surface area is 77.0 Å². The predicted molar refractivity (Wildman–Crippen MR) is 50.2 cm³/mol. The molecule has 0 aliphatic rings. The van der Waals surface area contributed by atoms with Crippen LogP contribution in [0, 0.1) is 11.8 Å². The van der Waals surface area contributed by atoms with Crippen LogP contribution in [-0.2, 0) is 0 Å². The van der Waals surface area contributed by atoms with Crippen LogP contribution in [0.4, 0.5) is 0 Å². The summed E-state index contributed by atoms with van der Waals surface area (Å²) in [5.74, 6) is 5.38. The Bertz CT molecular complexity index is 374. The zero-order valence-electron chi connectivity index (χ0n) is 7.37. The summed E-state index contributed by atoms with van der Waals surface area (Å²) in [6.07, 6.45) is 0. The zero-order chi connectivity index (χ0) is 9.68. The van der Waals surface area contributed by atoms with Crippen molar-refractivity contribution in [2.45, 2.75) is 6.92 Å². The number of hydrogen-bond donors (Lipinski definition) is 1. The fourth-order valence-electron chi connectivity index (χ4n) is 0.842. The lowest BCUT2D eigenvalue weighted by Gasteiger charge is -1.94. The molecule has 1 aromatic heterocycles. The molecule has 3 nitrogen and oxygen atoms in total. The van der Waals surface area contributed by atoms with E-state index in [9.17, 15) is 4.79 Å². The Balaban J connectivity index is 2.98. The predicted octanol–water partition coefficient (Wildman–Crippen LogP) is 0.594. The van der Waals surface area contributed by atoms with E-state index in [0.717, 1.165) is 0 Å². The van der Waals surface area contributed by atoms with Gasteiger partial charge in [-0.1, -0.05) is 12.0 Å². The number of hydrogen-bond acceptors (Lipinski definition) is 3. The molecule has 3 heteroatoms. The highest BCUT2D eigenvalue weighted by molar-refractivity contribution is 5.92. The van der Waals surface area contributed by atoms with Crippen LogP contribution < -0.4 is 5.73 Å². The molecule has 0 radical (unpaired) electrons. The van der Waals surface area contributed by atoms with E-state index in [2.05, 4.69) is 16.8 Å². The van der Waals surface area contributed by atoms with E-state index >= 15 is 0 Å². The summed E-state index contributed by atoms with van der Waals surface area (Å²) in [7, 11) is 0. The van der Waals surface area contributed by atoms with Gasteiger partial charge in [-0.15, -0.1) is 0 Å². The monoisotopic (exact) mass is 174 g/mol. The standard InChI is InChI=1S/C10H10N2O/c1-8(13)10-6-2-4-9(12-10)5-3-7-11/h2,4,6H,7,11H2,1H3. The van der Waals surface area contributed by atoms with Gasteiger partial charge in [0.15, 0.2) is 5.78 Å². The molecule has 0 bridgehead atoms. The van der Waals surface area contributed by atoms with Crippen LogP contribution in [0.2, 0.25) is 0 Å². The lowest BCUT2D eigenvalue weighted by Crippen LogP contribution is -1.98. The van der Waals surface area contributed by atoms with Crippen molar-refractivity contribution in [2.75, 3.05) is 6.54 Å². The van der Waals surface area contributed by atoms with E-state index in [-0.39, 0.29) is 5.78 Å². The highest BCUT2D eigenvalue weighted by Gasteiger charge is 1.99. The van der Waals surface area contributed by atoms with Gasteiger partial charge in [0.25, 0.3) is 0 Å². The van der Waals surface area contributed by atoms with Gasteiger partial charge < -0.3 is 5.73 Å². The van der Waals surface area contributed by atoms with Gasteiger partial charge in [0.1, 0.15) is 11.4 Å². The Hall–Kier alpha value is -1.66. The van der Waals surface area contributed by atoms with Crippen molar-refractivity contribution >= 4 is 5.78 Å². The molecule has 2 N–H and O–H groups in total. The molecule has 0 unspecified atom stereocenters. The van der Waals surface area contributed by atoms with E-state index in [4.69, 9.17) is 5.73 Å². The minimum Gasteiger partial charge on any atom is -0.320 e. The number of nitrogens with two attached hydrogens (primary N) is 1. The van der Waals surface area contributed by atoms with Crippen molar-refractivity contribution in [3.63, 3.8) is 0 Å². The third kappa shape index (κ3) is 2.69. The van der Waals surface area contributed by atoms with Crippen molar-refractivity contribution in [3.05, 3.63) is 29.6 Å². The number of nitrogens with zero attached hydrogens (tertiary/aromatic N) is 1. The fourth-order valence-corrected chi connectivity index (χ4v) is 0.842. The SMILES string of the molecule is CC(=O)c1cccc(C#CCN)n1. The zero-order valence-corrected chi connectivity index (χ0v) is 7.37. The first-order valence-electron chi connectivity index (χ1n) is 3.91. The molecule has 0 fully saturated rings. The molecule has 0 aliphatic carbocycles. The van der Waals surface area contributed by atoms with Gasteiger partial charge in [-0.25, -0.2) is 4.98 Å². The summed E-state index contributed by atoms with van der Waals surface area (Å²) in [6, 6.07) is 5.16. The molecule has 0 atom stereocenters. The number of aromatic nitrogens is 1. The quantitative estimate of drug-likeness (QED) is 0.501. The first kappa shape index (κ1) is 9.43. The van der Waals surface area contributed by atoms with E-state index in [1.54, 1.807) is 18.2 Å². The van der Waals surface area contributed by atoms with Gasteiger partial charge in [-0.05, 0) is 18.1 Å². The van der Waals surface area contributed by atoms with Crippen LogP contribution in [0.5, 0.6) is 0 Å². The van der Waals surface area contributed by atoms with Gasteiger partial charge in [0.2, 0.25) is 0 Å². The number of rotatable bonds is 1. The second-order valence-electron chi connectivity index (χ2n) is 2.47. The fraction of sp³-hybridized carbons (Fsp3) is 0.200. The molecule has 0 amide bonds. The normalized spacial score (nSPS) is 8.77. The van der Waals surface area contributed by atoms with Gasteiger partial charge in [0.05, 0.1) is 6.54 Å². The first-order valence-corrected chi connectivity index (χ1v) is 3.91. The second kappa shape index (κ2) is 4.39. The van der Waals surface area contributed by atoms with Crippen LogP contribution in [0.3, 0.4) is 0 Å². The minimum absolute atomic E-state index is 0.0589. The van der Waals surface area contributed by atoms with Gasteiger partial charge in [0, 0.05) is 6.92 Å². The van der Waals surface area contributed by atoms with Crippen molar-refractivity contribution in [1.82, 2.24) is 4.98 Å².